The molecule has 0 atom stereocenters. The highest BCUT2D eigenvalue weighted by Gasteiger charge is 2.24. The molecule has 1 saturated heterocycles. The molecule has 86 valence electrons. The first-order valence-electron chi connectivity index (χ1n) is 5.65. The highest BCUT2D eigenvalue weighted by Crippen LogP contribution is 2.21. The molecule has 0 saturated carbocycles. The van der Waals surface area contributed by atoms with Crippen LogP contribution in [0.2, 0.25) is 0 Å². The summed E-state index contributed by atoms with van der Waals surface area (Å²) in [7, 11) is 2.06. The second kappa shape index (κ2) is 4.74. The zero-order valence-electron chi connectivity index (χ0n) is 9.45. The minimum Gasteiger partial charge on any atom is -0.306 e. The summed E-state index contributed by atoms with van der Waals surface area (Å²) in [5, 5.41) is 0. The monoisotopic (exact) mass is 221 g/mol. The summed E-state index contributed by atoms with van der Waals surface area (Å²) < 4.78 is 13.0. The molecule has 0 aromatic heterocycles. The van der Waals surface area contributed by atoms with Crippen LogP contribution in [0.15, 0.2) is 24.3 Å². The number of Topliss-reactive ketones (excluding diaryl/α,β-unsaturated/α-hetero) is 1. The van der Waals surface area contributed by atoms with Gasteiger partial charge in [-0.15, -0.1) is 0 Å². The van der Waals surface area contributed by atoms with Crippen LogP contribution in [0.1, 0.15) is 23.2 Å². The Morgan fingerprint density at radius 1 is 1.38 bits per heavy atom. The van der Waals surface area contributed by atoms with Crippen molar-refractivity contribution in [1.29, 1.82) is 0 Å². The summed E-state index contributed by atoms with van der Waals surface area (Å²) >= 11 is 0. The predicted octanol–water partition coefficient (Wildman–Crippen LogP) is 2.35. The Labute approximate surface area is 95.1 Å². The SMILES string of the molecule is CN1CCC(C(=O)c2cccc(F)c2)CC1. The highest BCUT2D eigenvalue weighted by atomic mass is 19.1. The molecule has 0 radical (unpaired) electrons. The van der Waals surface area contributed by atoms with Crippen molar-refractivity contribution in [1.82, 2.24) is 4.90 Å². The summed E-state index contributed by atoms with van der Waals surface area (Å²) in [6.45, 7) is 1.90. The van der Waals surface area contributed by atoms with E-state index in [2.05, 4.69) is 11.9 Å². The van der Waals surface area contributed by atoms with Crippen molar-refractivity contribution >= 4 is 5.78 Å². The van der Waals surface area contributed by atoms with Crippen molar-refractivity contribution in [3.05, 3.63) is 35.6 Å². The van der Waals surface area contributed by atoms with Gasteiger partial charge in [0, 0.05) is 11.5 Å². The molecule has 0 N–H and O–H groups in total. The molecule has 1 aliphatic rings. The molecule has 0 unspecified atom stereocenters. The van der Waals surface area contributed by atoms with Crippen LogP contribution in [0, 0.1) is 11.7 Å². The van der Waals surface area contributed by atoms with Gasteiger partial charge in [-0.1, -0.05) is 12.1 Å². The van der Waals surface area contributed by atoms with Crippen LogP contribution in [0.5, 0.6) is 0 Å². The predicted molar refractivity (Wildman–Crippen MR) is 61.0 cm³/mol. The first-order valence-corrected chi connectivity index (χ1v) is 5.65. The summed E-state index contributed by atoms with van der Waals surface area (Å²) in [5.74, 6) is -0.177. The third-order valence-electron chi connectivity index (χ3n) is 3.20. The van der Waals surface area contributed by atoms with Gasteiger partial charge < -0.3 is 4.90 Å². The summed E-state index contributed by atoms with van der Waals surface area (Å²) in [6, 6.07) is 5.99. The number of carbonyl (C=O) groups is 1. The number of rotatable bonds is 2. The Hall–Kier alpha value is -1.22. The van der Waals surface area contributed by atoms with Crippen LogP contribution >= 0.6 is 0 Å². The van der Waals surface area contributed by atoms with Gasteiger partial charge in [-0.25, -0.2) is 4.39 Å². The van der Waals surface area contributed by atoms with Gasteiger partial charge in [-0.2, -0.15) is 0 Å². The zero-order chi connectivity index (χ0) is 11.5. The molecule has 2 nitrogen and oxygen atoms in total. The van der Waals surface area contributed by atoms with Gasteiger partial charge in [-0.3, -0.25) is 4.79 Å². The lowest BCUT2D eigenvalue weighted by molar-refractivity contribution is 0.0856. The molecule has 1 fully saturated rings. The number of hydrogen-bond acceptors (Lipinski definition) is 2. The van der Waals surface area contributed by atoms with Crippen LogP contribution in [-0.4, -0.2) is 30.8 Å². The van der Waals surface area contributed by atoms with E-state index in [1.54, 1.807) is 12.1 Å². The van der Waals surface area contributed by atoms with Gasteiger partial charge in [0.05, 0.1) is 0 Å². The van der Waals surface area contributed by atoms with Crippen molar-refractivity contribution in [2.45, 2.75) is 12.8 Å². The zero-order valence-corrected chi connectivity index (χ0v) is 9.45. The van der Waals surface area contributed by atoms with E-state index >= 15 is 0 Å². The molecule has 16 heavy (non-hydrogen) atoms. The van der Waals surface area contributed by atoms with Gasteiger partial charge in [0.2, 0.25) is 0 Å². The molecule has 2 rings (SSSR count). The minimum atomic E-state index is -0.334. The molecule has 0 amide bonds. The molecule has 0 spiro atoms. The van der Waals surface area contributed by atoms with Crippen molar-refractivity contribution < 1.29 is 9.18 Å². The van der Waals surface area contributed by atoms with Crippen LogP contribution in [0.25, 0.3) is 0 Å². The van der Waals surface area contributed by atoms with E-state index in [1.165, 1.54) is 12.1 Å². The van der Waals surface area contributed by atoms with E-state index in [9.17, 15) is 9.18 Å². The number of halogens is 1. The average Bonchev–Trinajstić information content (AvgIpc) is 2.29. The number of benzene rings is 1. The molecule has 1 aliphatic heterocycles. The van der Waals surface area contributed by atoms with Gasteiger partial charge in [0.1, 0.15) is 5.82 Å². The number of ketones is 1. The Morgan fingerprint density at radius 3 is 2.69 bits per heavy atom. The van der Waals surface area contributed by atoms with Crippen LogP contribution in [-0.2, 0) is 0 Å². The summed E-state index contributed by atoms with van der Waals surface area (Å²) in [4.78, 5) is 14.3. The lowest BCUT2D eigenvalue weighted by atomic mass is 9.89. The molecule has 1 aromatic rings. The van der Waals surface area contributed by atoms with Crippen molar-refractivity contribution in [3.8, 4) is 0 Å². The van der Waals surface area contributed by atoms with Gasteiger partial charge >= 0.3 is 0 Å². The Balaban J connectivity index is 2.08. The fraction of sp³-hybridized carbons (Fsp3) is 0.462. The standard InChI is InChI=1S/C13H16FNO/c1-15-7-5-10(6-8-15)13(16)11-3-2-4-12(14)9-11/h2-4,9-10H,5-8H2,1H3. The van der Waals surface area contributed by atoms with Crippen molar-refractivity contribution in [2.75, 3.05) is 20.1 Å². The summed E-state index contributed by atoms with van der Waals surface area (Å²) in [5.41, 5.74) is 0.509. The molecule has 0 aliphatic carbocycles. The third-order valence-corrected chi connectivity index (χ3v) is 3.20. The van der Waals surface area contributed by atoms with E-state index in [0.29, 0.717) is 5.56 Å². The Kier molecular flexibility index (Phi) is 3.34. The van der Waals surface area contributed by atoms with Gasteiger partial charge in [0.15, 0.2) is 5.78 Å². The van der Waals surface area contributed by atoms with Crippen molar-refractivity contribution in [2.24, 2.45) is 5.92 Å². The Morgan fingerprint density at radius 2 is 2.06 bits per heavy atom. The Bertz CT molecular complexity index is 383. The van der Waals surface area contributed by atoms with E-state index in [4.69, 9.17) is 0 Å². The second-order valence-electron chi connectivity index (χ2n) is 4.45. The van der Waals surface area contributed by atoms with Crippen LogP contribution in [0.3, 0.4) is 0 Å². The molecule has 3 heteroatoms. The maximum atomic E-state index is 13.0. The van der Waals surface area contributed by atoms with E-state index in [-0.39, 0.29) is 17.5 Å². The normalized spacial score (nSPS) is 18.6. The molecular weight excluding hydrogens is 205 g/mol. The number of carbonyl (C=O) groups excluding carboxylic acids is 1. The number of hydrogen-bond donors (Lipinski definition) is 0. The smallest absolute Gasteiger partial charge is 0.166 e. The van der Waals surface area contributed by atoms with Gasteiger partial charge in [-0.05, 0) is 45.1 Å². The third kappa shape index (κ3) is 2.47. The number of piperidine rings is 1. The van der Waals surface area contributed by atoms with Crippen LogP contribution in [0.4, 0.5) is 4.39 Å². The first kappa shape index (κ1) is 11.3. The highest BCUT2D eigenvalue weighted by molar-refractivity contribution is 5.97. The molecule has 1 heterocycles. The lowest BCUT2D eigenvalue weighted by Crippen LogP contribution is -2.33. The van der Waals surface area contributed by atoms with Crippen molar-refractivity contribution in [3.63, 3.8) is 0 Å². The minimum absolute atomic E-state index is 0.0676. The second-order valence-corrected chi connectivity index (χ2v) is 4.45. The average molecular weight is 221 g/mol. The topological polar surface area (TPSA) is 20.3 Å². The number of nitrogens with zero attached hydrogens (tertiary/aromatic N) is 1. The lowest BCUT2D eigenvalue weighted by Gasteiger charge is -2.27. The van der Waals surface area contributed by atoms with E-state index < -0.39 is 0 Å². The molecule has 1 aromatic carbocycles. The first-order chi connectivity index (χ1) is 7.66. The maximum Gasteiger partial charge on any atom is 0.166 e. The summed E-state index contributed by atoms with van der Waals surface area (Å²) in [6.07, 6.45) is 1.76. The quantitative estimate of drug-likeness (QED) is 0.714. The largest absolute Gasteiger partial charge is 0.306 e. The molecule has 0 bridgehead atoms. The molecular formula is C13H16FNO. The van der Waals surface area contributed by atoms with Crippen LogP contribution < -0.4 is 0 Å². The van der Waals surface area contributed by atoms with E-state index in [1.807, 2.05) is 0 Å². The number of likely N-dealkylation sites (tertiary alicyclic amines) is 1. The van der Waals surface area contributed by atoms with Gasteiger partial charge in [0.25, 0.3) is 0 Å². The fourth-order valence-corrected chi connectivity index (χ4v) is 2.15. The maximum absolute atomic E-state index is 13.0. The van der Waals surface area contributed by atoms with E-state index in [0.717, 1.165) is 25.9 Å². The fourth-order valence-electron chi connectivity index (χ4n) is 2.15.